The van der Waals surface area contributed by atoms with Crippen molar-refractivity contribution in [1.82, 2.24) is 20.3 Å². The molecule has 0 aromatic carbocycles. The van der Waals surface area contributed by atoms with Crippen LogP contribution in [0.3, 0.4) is 0 Å². The number of nitrogens with zero attached hydrogens (tertiary/aromatic N) is 2. The van der Waals surface area contributed by atoms with E-state index in [1.54, 1.807) is 18.4 Å². The fourth-order valence-corrected chi connectivity index (χ4v) is 4.40. The molecule has 0 saturated carbocycles. The number of nitrogens with one attached hydrogen (secondary N) is 3. The number of hydrogen-bond donors (Lipinski definition) is 3. The molecule has 1 aromatic rings. The van der Waals surface area contributed by atoms with Crippen molar-refractivity contribution >= 4 is 51.3 Å². The summed E-state index contributed by atoms with van der Waals surface area (Å²) in [6, 6.07) is 4.63. The number of aliphatic imine (C=N–C) groups is 1. The molecule has 27 heavy (non-hydrogen) atoms. The molecule has 1 saturated heterocycles. The Kier molecular flexibility index (Phi) is 11.1. The molecule has 2 heterocycles. The fourth-order valence-electron chi connectivity index (χ4n) is 3.06. The molecule has 1 atom stereocenters. The van der Waals surface area contributed by atoms with Crippen molar-refractivity contribution in [2.75, 3.05) is 46.0 Å². The van der Waals surface area contributed by atoms with E-state index in [1.165, 1.54) is 17.7 Å². The number of sulfonamides is 1. The molecule has 156 valence electrons. The summed E-state index contributed by atoms with van der Waals surface area (Å²) in [5.41, 5.74) is 0. The van der Waals surface area contributed by atoms with E-state index in [0.717, 1.165) is 31.8 Å². The van der Waals surface area contributed by atoms with Crippen LogP contribution in [0, 0.1) is 5.92 Å². The number of hydrogen-bond acceptors (Lipinski definition) is 5. The van der Waals surface area contributed by atoms with Gasteiger partial charge in [-0.1, -0.05) is 13.0 Å². The summed E-state index contributed by atoms with van der Waals surface area (Å²) in [6.07, 6.45) is 3.64. The highest BCUT2D eigenvalue weighted by Gasteiger charge is 2.25. The van der Waals surface area contributed by atoms with Crippen LogP contribution >= 0.6 is 35.3 Å². The van der Waals surface area contributed by atoms with Gasteiger partial charge in [0, 0.05) is 31.6 Å². The maximum Gasteiger partial charge on any atom is 0.208 e. The van der Waals surface area contributed by atoms with Gasteiger partial charge in [0.25, 0.3) is 0 Å². The quantitative estimate of drug-likeness (QED) is 0.207. The summed E-state index contributed by atoms with van der Waals surface area (Å²) < 4.78 is 24.7. The van der Waals surface area contributed by atoms with E-state index in [4.69, 9.17) is 0 Å². The predicted molar refractivity (Wildman–Crippen MR) is 125 cm³/mol. The molecular formula is C17H32IN5O2S2. The van der Waals surface area contributed by atoms with Crippen LogP contribution in [0.25, 0.3) is 0 Å². The van der Waals surface area contributed by atoms with Crippen molar-refractivity contribution in [3.63, 3.8) is 0 Å². The zero-order valence-corrected chi connectivity index (χ0v) is 20.2. The Labute approximate surface area is 184 Å². The van der Waals surface area contributed by atoms with E-state index in [-0.39, 0.29) is 24.0 Å². The van der Waals surface area contributed by atoms with Crippen molar-refractivity contribution in [3.05, 3.63) is 22.4 Å². The summed E-state index contributed by atoms with van der Waals surface area (Å²) in [5, 5.41) is 8.66. The van der Waals surface area contributed by atoms with Gasteiger partial charge in [0.1, 0.15) is 0 Å². The van der Waals surface area contributed by atoms with Gasteiger partial charge in [-0.2, -0.15) is 0 Å². The molecule has 3 N–H and O–H groups in total. The molecule has 0 amide bonds. The van der Waals surface area contributed by atoms with Crippen LogP contribution in [0.2, 0.25) is 0 Å². The average Bonchev–Trinajstić information content (AvgIpc) is 3.12. The van der Waals surface area contributed by atoms with Gasteiger partial charge in [0.2, 0.25) is 10.0 Å². The molecule has 1 aliphatic rings. The topological polar surface area (TPSA) is 85.8 Å². The second-order valence-corrected chi connectivity index (χ2v) is 9.61. The first kappa shape index (κ1) is 24.6. The van der Waals surface area contributed by atoms with Crippen LogP contribution in [-0.2, 0) is 10.0 Å². The Morgan fingerprint density at radius 1 is 1.33 bits per heavy atom. The molecule has 1 fully saturated rings. The number of guanidine groups is 1. The van der Waals surface area contributed by atoms with Crippen molar-refractivity contribution in [3.8, 4) is 0 Å². The van der Waals surface area contributed by atoms with E-state index in [2.05, 4.69) is 49.7 Å². The lowest BCUT2D eigenvalue weighted by Gasteiger charge is -2.36. The first-order valence-corrected chi connectivity index (χ1v) is 11.8. The SMILES string of the molecule is CN=C(NCCNS(C)(=O)=O)NCC(c1cccs1)N1CCC(C)CC1.I. The number of piperidine rings is 1. The van der Waals surface area contributed by atoms with Gasteiger partial charge in [-0.3, -0.25) is 9.89 Å². The summed E-state index contributed by atoms with van der Waals surface area (Å²) in [7, 11) is -1.43. The Hall–Kier alpha value is -0.430. The number of rotatable bonds is 8. The Balaban J connectivity index is 0.00000364. The first-order valence-electron chi connectivity index (χ1n) is 9.05. The van der Waals surface area contributed by atoms with E-state index in [1.807, 2.05) is 0 Å². The smallest absolute Gasteiger partial charge is 0.208 e. The van der Waals surface area contributed by atoms with E-state index in [0.29, 0.717) is 25.1 Å². The molecular weight excluding hydrogens is 497 g/mol. The molecule has 7 nitrogen and oxygen atoms in total. The van der Waals surface area contributed by atoms with E-state index < -0.39 is 10.0 Å². The van der Waals surface area contributed by atoms with Crippen molar-refractivity contribution < 1.29 is 8.42 Å². The van der Waals surface area contributed by atoms with Crippen LogP contribution in [-0.4, -0.2) is 65.3 Å². The molecule has 1 aliphatic heterocycles. The lowest BCUT2D eigenvalue weighted by Crippen LogP contribution is -2.46. The second-order valence-electron chi connectivity index (χ2n) is 6.80. The molecule has 1 aromatic heterocycles. The Bertz CT molecular complexity index is 659. The van der Waals surface area contributed by atoms with Gasteiger partial charge >= 0.3 is 0 Å². The van der Waals surface area contributed by atoms with Gasteiger partial charge in [-0.05, 0) is 43.3 Å². The third-order valence-electron chi connectivity index (χ3n) is 4.60. The van der Waals surface area contributed by atoms with Crippen LogP contribution < -0.4 is 15.4 Å². The van der Waals surface area contributed by atoms with Gasteiger partial charge in [-0.15, -0.1) is 35.3 Å². The zero-order valence-electron chi connectivity index (χ0n) is 16.3. The van der Waals surface area contributed by atoms with Crippen LogP contribution in [0.5, 0.6) is 0 Å². The number of halogens is 1. The molecule has 0 spiro atoms. The Morgan fingerprint density at radius 3 is 2.59 bits per heavy atom. The van der Waals surface area contributed by atoms with Gasteiger partial charge in [0.15, 0.2) is 5.96 Å². The van der Waals surface area contributed by atoms with Crippen molar-refractivity contribution in [2.24, 2.45) is 10.9 Å². The minimum atomic E-state index is -3.16. The highest BCUT2D eigenvalue weighted by atomic mass is 127. The second kappa shape index (κ2) is 12.2. The maximum atomic E-state index is 11.1. The van der Waals surface area contributed by atoms with Gasteiger partial charge in [-0.25, -0.2) is 13.1 Å². The zero-order chi connectivity index (χ0) is 19.0. The average molecular weight is 530 g/mol. The summed E-state index contributed by atoms with van der Waals surface area (Å²) >= 11 is 1.79. The van der Waals surface area contributed by atoms with Crippen molar-refractivity contribution in [1.29, 1.82) is 0 Å². The number of likely N-dealkylation sites (tertiary alicyclic amines) is 1. The van der Waals surface area contributed by atoms with Gasteiger partial charge in [0.05, 0.1) is 12.3 Å². The lowest BCUT2D eigenvalue weighted by molar-refractivity contribution is 0.140. The Morgan fingerprint density at radius 2 is 2.04 bits per heavy atom. The summed E-state index contributed by atoms with van der Waals surface area (Å²) in [6.45, 7) is 6.15. The molecule has 0 aliphatic carbocycles. The standard InChI is InChI=1S/C17H31N5O2S2.HI/c1-14-6-10-22(11-7-14)15(16-5-4-12-25-16)13-20-17(18-2)19-8-9-21-26(3,23)24;/h4-5,12,14-15,21H,6-11,13H2,1-3H3,(H2,18,19,20);1H. The molecule has 0 radical (unpaired) electrons. The largest absolute Gasteiger partial charge is 0.355 e. The predicted octanol–water partition coefficient (Wildman–Crippen LogP) is 1.85. The van der Waals surface area contributed by atoms with Crippen LogP contribution in [0.1, 0.15) is 30.7 Å². The summed E-state index contributed by atoms with van der Waals surface area (Å²) in [5.74, 6) is 1.49. The maximum absolute atomic E-state index is 11.1. The van der Waals surface area contributed by atoms with Gasteiger partial charge < -0.3 is 10.6 Å². The van der Waals surface area contributed by atoms with Crippen LogP contribution in [0.15, 0.2) is 22.5 Å². The minimum Gasteiger partial charge on any atom is -0.355 e. The molecule has 10 heteroatoms. The summed E-state index contributed by atoms with van der Waals surface area (Å²) in [4.78, 5) is 8.15. The van der Waals surface area contributed by atoms with E-state index in [9.17, 15) is 8.42 Å². The van der Waals surface area contributed by atoms with Crippen LogP contribution in [0.4, 0.5) is 0 Å². The third kappa shape index (κ3) is 9.07. The highest BCUT2D eigenvalue weighted by Crippen LogP contribution is 2.28. The number of thiophene rings is 1. The lowest BCUT2D eigenvalue weighted by atomic mass is 9.97. The highest BCUT2D eigenvalue weighted by molar-refractivity contribution is 14.0. The molecule has 1 unspecified atom stereocenters. The van der Waals surface area contributed by atoms with Crippen molar-refractivity contribution in [2.45, 2.75) is 25.8 Å². The molecule has 0 bridgehead atoms. The van der Waals surface area contributed by atoms with E-state index >= 15 is 0 Å². The fraction of sp³-hybridized carbons (Fsp3) is 0.706. The molecule has 2 rings (SSSR count). The minimum absolute atomic E-state index is 0. The first-order chi connectivity index (χ1) is 12.4. The monoisotopic (exact) mass is 529 g/mol. The third-order valence-corrected chi connectivity index (χ3v) is 6.30. The normalized spacial score (nSPS) is 18.0.